The second kappa shape index (κ2) is 8.86. The average molecular weight is 346 g/mol. The van der Waals surface area contributed by atoms with E-state index >= 15 is 0 Å². The van der Waals surface area contributed by atoms with Crippen LogP contribution in [0.1, 0.15) is 18.4 Å². The Bertz CT molecular complexity index is 654. The lowest BCUT2D eigenvalue weighted by Crippen LogP contribution is -2.45. The van der Waals surface area contributed by atoms with E-state index in [1.807, 2.05) is 0 Å². The summed E-state index contributed by atoms with van der Waals surface area (Å²) in [6.45, 7) is 0.479. The topological polar surface area (TPSA) is 98.9 Å². The van der Waals surface area contributed by atoms with E-state index in [4.69, 9.17) is 15.2 Å². The molecular formula is C18H22N2O5. The van der Waals surface area contributed by atoms with E-state index in [1.54, 1.807) is 37.5 Å². The number of carbonyl (C=O) groups is 3. The highest BCUT2D eigenvalue weighted by Crippen LogP contribution is 2.16. The lowest BCUT2D eigenvalue weighted by atomic mass is 9.97. The molecule has 1 aliphatic rings. The third-order valence-electron chi connectivity index (χ3n) is 4.04. The fourth-order valence-corrected chi connectivity index (χ4v) is 2.59. The summed E-state index contributed by atoms with van der Waals surface area (Å²) < 4.78 is 10.0. The lowest BCUT2D eigenvalue weighted by Gasteiger charge is -2.30. The number of primary amides is 1. The zero-order valence-electron chi connectivity index (χ0n) is 14.1. The largest absolute Gasteiger partial charge is 0.497 e. The molecule has 7 nitrogen and oxygen atoms in total. The molecule has 1 saturated heterocycles. The van der Waals surface area contributed by atoms with E-state index in [2.05, 4.69) is 0 Å². The molecule has 0 unspecified atom stereocenters. The standard InChI is InChI=1S/C18H22N2O5/c1-24-15-7-4-13(5-8-15)6-9-17(22)25-12-16(21)20-10-2-3-14(11-20)18(19)23/h4-9,14H,2-3,10-12H2,1H3,(H2,19,23)/b9-6+/t14-/m1/s1. The van der Waals surface area contributed by atoms with Crippen LogP contribution < -0.4 is 10.5 Å². The van der Waals surface area contributed by atoms with Crippen molar-refractivity contribution in [2.24, 2.45) is 11.7 Å². The minimum absolute atomic E-state index is 0.285. The smallest absolute Gasteiger partial charge is 0.331 e. The van der Waals surface area contributed by atoms with Crippen LogP contribution in [0.4, 0.5) is 0 Å². The Hall–Kier alpha value is -2.83. The van der Waals surface area contributed by atoms with E-state index < -0.39 is 11.9 Å². The van der Waals surface area contributed by atoms with Crippen molar-refractivity contribution in [2.45, 2.75) is 12.8 Å². The number of esters is 1. The summed E-state index contributed by atoms with van der Waals surface area (Å²) in [6, 6.07) is 7.15. The second-order valence-corrected chi connectivity index (χ2v) is 5.80. The summed E-state index contributed by atoms with van der Waals surface area (Å²) in [7, 11) is 1.58. The van der Waals surface area contributed by atoms with Gasteiger partial charge in [0.25, 0.3) is 5.91 Å². The minimum Gasteiger partial charge on any atom is -0.497 e. The molecule has 7 heteroatoms. The average Bonchev–Trinajstić information content (AvgIpc) is 2.64. The highest BCUT2D eigenvalue weighted by Gasteiger charge is 2.27. The lowest BCUT2D eigenvalue weighted by molar-refractivity contribution is -0.149. The van der Waals surface area contributed by atoms with Crippen molar-refractivity contribution in [2.75, 3.05) is 26.8 Å². The normalized spacial score (nSPS) is 17.3. The second-order valence-electron chi connectivity index (χ2n) is 5.80. The molecule has 1 heterocycles. The van der Waals surface area contributed by atoms with Gasteiger partial charge in [-0.3, -0.25) is 9.59 Å². The predicted octanol–water partition coefficient (Wildman–Crippen LogP) is 0.976. The van der Waals surface area contributed by atoms with E-state index in [1.165, 1.54) is 11.0 Å². The number of nitrogens with zero attached hydrogens (tertiary/aromatic N) is 1. The van der Waals surface area contributed by atoms with Crippen LogP contribution in [0.3, 0.4) is 0 Å². The molecule has 1 atom stereocenters. The minimum atomic E-state index is -0.604. The van der Waals surface area contributed by atoms with E-state index in [9.17, 15) is 14.4 Å². The number of rotatable bonds is 6. The Morgan fingerprint density at radius 2 is 2.00 bits per heavy atom. The maximum absolute atomic E-state index is 12.1. The van der Waals surface area contributed by atoms with Gasteiger partial charge >= 0.3 is 5.97 Å². The summed E-state index contributed by atoms with van der Waals surface area (Å²) in [5, 5.41) is 0. The first-order chi connectivity index (χ1) is 12.0. The number of nitrogens with two attached hydrogens (primary N) is 1. The van der Waals surface area contributed by atoms with Crippen molar-refractivity contribution in [1.82, 2.24) is 4.90 Å². The monoisotopic (exact) mass is 346 g/mol. The van der Waals surface area contributed by atoms with E-state index in [-0.39, 0.29) is 25.0 Å². The van der Waals surface area contributed by atoms with E-state index in [0.717, 1.165) is 11.3 Å². The summed E-state index contributed by atoms with van der Waals surface area (Å²) in [5.41, 5.74) is 6.10. The summed E-state index contributed by atoms with van der Waals surface area (Å²) >= 11 is 0. The third kappa shape index (κ3) is 5.63. The summed E-state index contributed by atoms with van der Waals surface area (Å²) in [4.78, 5) is 36.5. The number of ether oxygens (including phenoxy) is 2. The molecule has 0 bridgehead atoms. The van der Waals surface area contributed by atoms with Crippen LogP contribution in [-0.4, -0.2) is 49.5 Å². The van der Waals surface area contributed by atoms with Gasteiger partial charge in [-0.15, -0.1) is 0 Å². The molecule has 0 aliphatic carbocycles. The quantitative estimate of drug-likeness (QED) is 0.611. The van der Waals surface area contributed by atoms with Crippen LogP contribution in [0.15, 0.2) is 30.3 Å². The molecule has 25 heavy (non-hydrogen) atoms. The van der Waals surface area contributed by atoms with E-state index in [0.29, 0.717) is 19.4 Å². The van der Waals surface area contributed by atoms with Crippen molar-refractivity contribution in [1.29, 1.82) is 0 Å². The van der Waals surface area contributed by atoms with Crippen molar-refractivity contribution < 1.29 is 23.9 Å². The van der Waals surface area contributed by atoms with Gasteiger partial charge in [-0.2, -0.15) is 0 Å². The van der Waals surface area contributed by atoms with Gasteiger partial charge in [0.15, 0.2) is 6.61 Å². The molecule has 2 amide bonds. The highest BCUT2D eigenvalue weighted by atomic mass is 16.5. The van der Waals surface area contributed by atoms with Gasteiger partial charge in [-0.05, 0) is 36.6 Å². The molecule has 0 spiro atoms. The highest BCUT2D eigenvalue weighted by molar-refractivity contribution is 5.89. The van der Waals surface area contributed by atoms with Gasteiger partial charge < -0.3 is 20.1 Å². The number of benzene rings is 1. The number of piperidine rings is 1. The fraction of sp³-hybridized carbons (Fsp3) is 0.389. The van der Waals surface area contributed by atoms with Crippen LogP contribution in [0.25, 0.3) is 6.08 Å². The molecule has 1 fully saturated rings. The van der Waals surface area contributed by atoms with Crippen LogP contribution in [0.2, 0.25) is 0 Å². The van der Waals surface area contributed by atoms with Gasteiger partial charge in [0.1, 0.15) is 5.75 Å². The summed E-state index contributed by atoms with van der Waals surface area (Å²) in [6.07, 6.45) is 4.25. The van der Waals surface area contributed by atoms with Crippen LogP contribution in [0.5, 0.6) is 5.75 Å². The van der Waals surface area contributed by atoms with Crippen molar-refractivity contribution >= 4 is 23.9 Å². The van der Waals surface area contributed by atoms with Crippen LogP contribution in [-0.2, 0) is 19.1 Å². The van der Waals surface area contributed by atoms with Crippen LogP contribution in [0, 0.1) is 5.92 Å². The number of carbonyl (C=O) groups excluding carboxylic acids is 3. The zero-order chi connectivity index (χ0) is 18.2. The zero-order valence-corrected chi connectivity index (χ0v) is 14.1. The molecular weight excluding hydrogens is 324 g/mol. The first-order valence-corrected chi connectivity index (χ1v) is 8.05. The SMILES string of the molecule is COc1ccc(/C=C/C(=O)OCC(=O)N2CCC[C@@H](C(N)=O)C2)cc1. The van der Waals surface area contributed by atoms with Crippen LogP contribution >= 0.6 is 0 Å². The van der Waals surface area contributed by atoms with Gasteiger partial charge in [0, 0.05) is 19.2 Å². The number of hydrogen-bond acceptors (Lipinski definition) is 5. The van der Waals surface area contributed by atoms with Crippen molar-refractivity contribution in [3.63, 3.8) is 0 Å². The summed E-state index contributed by atoms with van der Waals surface area (Å²) in [5.74, 6) is -0.939. The van der Waals surface area contributed by atoms with Crippen molar-refractivity contribution in [3.8, 4) is 5.75 Å². The molecule has 2 N–H and O–H groups in total. The molecule has 1 aromatic carbocycles. The Labute approximate surface area is 146 Å². The molecule has 0 aromatic heterocycles. The van der Waals surface area contributed by atoms with Gasteiger partial charge in [0.2, 0.25) is 5.91 Å². The Morgan fingerprint density at radius 1 is 1.28 bits per heavy atom. The first-order valence-electron chi connectivity index (χ1n) is 8.05. The predicted molar refractivity (Wildman–Crippen MR) is 91.5 cm³/mol. The number of amides is 2. The van der Waals surface area contributed by atoms with Gasteiger partial charge in [-0.1, -0.05) is 12.1 Å². The first kappa shape index (κ1) is 18.5. The third-order valence-corrected chi connectivity index (χ3v) is 4.04. The maximum atomic E-state index is 12.1. The molecule has 1 aromatic rings. The Balaban J connectivity index is 1.79. The molecule has 1 aliphatic heterocycles. The van der Waals surface area contributed by atoms with Gasteiger partial charge in [-0.25, -0.2) is 4.79 Å². The number of methoxy groups -OCH3 is 1. The Morgan fingerprint density at radius 3 is 2.64 bits per heavy atom. The van der Waals surface area contributed by atoms with Gasteiger partial charge in [0.05, 0.1) is 13.0 Å². The maximum Gasteiger partial charge on any atom is 0.331 e. The Kier molecular flexibility index (Phi) is 6.56. The molecule has 0 saturated carbocycles. The molecule has 2 rings (SSSR count). The molecule has 134 valence electrons. The molecule has 0 radical (unpaired) electrons. The van der Waals surface area contributed by atoms with Crippen molar-refractivity contribution in [3.05, 3.63) is 35.9 Å². The number of hydrogen-bond donors (Lipinski definition) is 1. The fourth-order valence-electron chi connectivity index (χ4n) is 2.59. The number of likely N-dealkylation sites (tertiary alicyclic amines) is 1.